The minimum absolute atomic E-state index is 0.405. The Kier molecular flexibility index (Phi) is 3.45. The first-order valence-corrected chi connectivity index (χ1v) is 7.50. The molecule has 1 aliphatic rings. The summed E-state index contributed by atoms with van der Waals surface area (Å²) >= 11 is 9.79. The molecule has 0 heterocycles. The van der Waals surface area contributed by atoms with Gasteiger partial charge in [-0.15, -0.1) is 0 Å². The maximum Gasteiger partial charge on any atom is 0.0429 e. The normalized spacial score (nSPS) is 16.6. The molecule has 0 bridgehead atoms. The number of hydrogen-bond donors (Lipinski definition) is 0. The first kappa shape index (κ1) is 12.3. The van der Waals surface area contributed by atoms with Crippen LogP contribution in [0.15, 0.2) is 48.5 Å². The molecule has 3 rings (SSSR count). The molecule has 0 saturated heterocycles. The highest BCUT2D eigenvalue weighted by Gasteiger charge is 2.27. The second-order valence-corrected chi connectivity index (χ2v) is 6.31. The fraction of sp³-hybridized carbons (Fsp3) is 0.250. The zero-order chi connectivity index (χ0) is 12.5. The van der Waals surface area contributed by atoms with Crippen LogP contribution in [-0.2, 0) is 12.8 Å². The van der Waals surface area contributed by atoms with Gasteiger partial charge in [0.15, 0.2) is 0 Å². The van der Waals surface area contributed by atoms with Crippen LogP contribution in [0.4, 0.5) is 0 Å². The van der Waals surface area contributed by atoms with Crippen molar-refractivity contribution >= 4 is 27.5 Å². The third-order valence-corrected chi connectivity index (χ3v) is 5.21. The van der Waals surface area contributed by atoms with Crippen LogP contribution in [0.1, 0.15) is 21.5 Å². The van der Waals surface area contributed by atoms with Gasteiger partial charge in [-0.05, 0) is 47.6 Å². The van der Waals surface area contributed by atoms with Crippen LogP contribution in [-0.4, -0.2) is 0 Å². The summed E-state index contributed by atoms with van der Waals surface area (Å²) in [7, 11) is 0. The largest absolute Gasteiger partial charge is 0.0843 e. The predicted octanol–water partition coefficient (Wildman–Crippen LogP) is 5.19. The summed E-state index contributed by atoms with van der Waals surface area (Å²) in [5, 5.41) is 0.799. The van der Waals surface area contributed by atoms with Gasteiger partial charge in [-0.3, -0.25) is 0 Å². The van der Waals surface area contributed by atoms with Crippen molar-refractivity contribution in [2.75, 3.05) is 0 Å². The Morgan fingerprint density at radius 2 is 1.50 bits per heavy atom. The van der Waals surface area contributed by atoms with Crippen LogP contribution >= 0.6 is 27.5 Å². The van der Waals surface area contributed by atoms with Crippen molar-refractivity contribution < 1.29 is 0 Å². The summed E-state index contributed by atoms with van der Waals surface area (Å²) in [6.45, 7) is 0. The van der Waals surface area contributed by atoms with Crippen LogP contribution < -0.4 is 0 Å². The Morgan fingerprint density at radius 3 is 2.06 bits per heavy atom. The van der Waals surface area contributed by atoms with Gasteiger partial charge >= 0.3 is 0 Å². The molecule has 2 aromatic rings. The molecule has 0 aliphatic heterocycles. The third kappa shape index (κ3) is 2.34. The van der Waals surface area contributed by atoms with Crippen molar-refractivity contribution in [3.8, 4) is 0 Å². The number of benzene rings is 2. The van der Waals surface area contributed by atoms with E-state index in [4.69, 9.17) is 11.6 Å². The second kappa shape index (κ2) is 5.07. The highest BCUT2D eigenvalue weighted by Crippen LogP contribution is 2.40. The second-order valence-electron chi connectivity index (χ2n) is 4.89. The standard InChI is InChI=1S/C16H14BrCl/c17-16(11-5-7-15(18)8-6-11)14-9-12-3-1-2-4-13(12)10-14/h1-8,14,16H,9-10H2. The van der Waals surface area contributed by atoms with Crippen LogP contribution in [0.3, 0.4) is 0 Å². The van der Waals surface area contributed by atoms with E-state index >= 15 is 0 Å². The SMILES string of the molecule is Clc1ccc(C(Br)C2Cc3ccccc3C2)cc1. The minimum atomic E-state index is 0.405. The molecule has 2 aromatic carbocycles. The predicted molar refractivity (Wildman–Crippen MR) is 80.5 cm³/mol. The highest BCUT2D eigenvalue weighted by atomic mass is 79.9. The van der Waals surface area contributed by atoms with Gasteiger partial charge in [0.25, 0.3) is 0 Å². The summed E-state index contributed by atoms with van der Waals surface area (Å²) in [5.74, 6) is 0.642. The first-order chi connectivity index (χ1) is 8.74. The van der Waals surface area contributed by atoms with E-state index in [2.05, 4.69) is 52.3 Å². The number of fused-ring (bicyclic) bond motifs is 1. The van der Waals surface area contributed by atoms with Gasteiger partial charge in [0.1, 0.15) is 0 Å². The van der Waals surface area contributed by atoms with Crippen molar-refractivity contribution in [1.29, 1.82) is 0 Å². The van der Waals surface area contributed by atoms with Crippen molar-refractivity contribution in [2.45, 2.75) is 17.7 Å². The lowest BCUT2D eigenvalue weighted by Crippen LogP contribution is -2.07. The molecule has 2 heteroatoms. The van der Waals surface area contributed by atoms with Crippen molar-refractivity contribution in [1.82, 2.24) is 0 Å². The van der Waals surface area contributed by atoms with Crippen LogP contribution in [0.25, 0.3) is 0 Å². The lowest BCUT2D eigenvalue weighted by atomic mass is 9.96. The third-order valence-electron chi connectivity index (χ3n) is 3.68. The molecule has 0 spiro atoms. The Bertz CT molecular complexity index is 522. The molecule has 92 valence electrons. The summed E-state index contributed by atoms with van der Waals surface area (Å²) in [4.78, 5) is 0.405. The molecule has 1 atom stereocenters. The Balaban J connectivity index is 1.80. The minimum Gasteiger partial charge on any atom is -0.0843 e. The van der Waals surface area contributed by atoms with Crippen LogP contribution in [0.5, 0.6) is 0 Å². The maximum absolute atomic E-state index is 5.93. The van der Waals surface area contributed by atoms with E-state index in [-0.39, 0.29) is 0 Å². The summed E-state index contributed by atoms with van der Waals surface area (Å²) in [5.41, 5.74) is 4.32. The van der Waals surface area contributed by atoms with Crippen molar-refractivity contribution in [3.63, 3.8) is 0 Å². The fourth-order valence-electron chi connectivity index (χ4n) is 2.72. The molecule has 0 nitrogen and oxygen atoms in total. The number of halogens is 2. The van der Waals surface area contributed by atoms with E-state index in [1.54, 1.807) is 0 Å². The molecule has 0 fully saturated rings. The highest BCUT2D eigenvalue weighted by molar-refractivity contribution is 9.09. The molecule has 0 amide bonds. The number of rotatable bonds is 2. The average molecular weight is 322 g/mol. The molecule has 0 N–H and O–H groups in total. The molecular formula is C16H14BrCl. The summed E-state index contributed by atoms with van der Waals surface area (Å²) in [6.07, 6.45) is 2.32. The van der Waals surface area contributed by atoms with E-state index in [0.29, 0.717) is 10.7 Å². The Hall–Kier alpha value is -0.790. The molecular weight excluding hydrogens is 308 g/mol. The van der Waals surface area contributed by atoms with Crippen LogP contribution in [0, 0.1) is 5.92 Å². The number of hydrogen-bond acceptors (Lipinski definition) is 0. The molecule has 1 aliphatic carbocycles. The van der Waals surface area contributed by atoms with Crippen molar-refractivity contribution in [3.05, 3.63) is 70.2 Å². The summed E-state index contributed by atoms with van der Waals surface area (Å²) in [6, 6.07) is 16.9. The van der Waals surface area contributed by atoms with E-state index in [0.717, 1.165) is 17.9 Å². The molecule has 0 aromatic heterocycles. The monoisotopic (exact) mass is 320 g/mol. The van der Waals surface area contributed by atoms with Crippen LogP contribution in [0.2, 0.25) is 5.02 Å². The zero-order valence-electron chi connectivity index (χ0n) is 9.94. The van der Waals surface area contributed by atoms with E-state index in [9.17, 15) is 0 Å². The lowest BCUT2D eigenvalue weighted by Gasteiger charge is -2.17. The Morgan fingerprint density at radius 1 is 0.944 bits per heavy atom. The van der Waals surface area contributed by atoms with Gasteiger partial charge in [-0.25, -0.2) is 0 Å². The van der Waals surface area contributed by atoms with Crippen molar-refractivity contribution in [2.24, 2.45) is 5.92 Å². The molecule has 0 radical (unpaired) electrons. The van der Waals surface area contributed by atoms with E-state index in [1.165, 1.54) is 16.7 Å². The van der Waals surface area contributed by atoms with E-state index < -0.39 is 0 Å². The maximum atomic E-state index is 5.93. The molecule has 0 saturated carbocycles. The summed E-state index contributed by atoms with van der Waals surface area (Å²) < 4.78 is 0. The topological polar surface area (TPSA) is 0 Å². The fourth-order valence-corrected chi connectivity index (χ4v) is 3.52. The smallest absolute Gasteiger partial charge is 0.0429 e. The van der Waals surface area contributed by atoms with Gasteiger partial charge in [0, 0.05) is 9.85 Å². The molecule has 1 unspecified atom stereocenters. The van der Waals surface area contributed by atoms with Gasteiger partial charge in [-0.2, -0.15) is 0 Å². The number of alkyl halides is 1. The quantitative estimate of drug-likeness (QED) is 0.668. The Labute approximate surface area is 121 Å². The van der Waals surface area contributed by atoms with Gasteiger partial charge in [0.05, 0.1) is 0 Å². The molecule has 18 heavy (non-hydrogen) atoms. The first-order valence-electron chi connectivity index (χ1n) is 6.20. The van der Waals surface area contributed by atoms with Gasteiger partial charge in [-0.1, -0.05) is 63.9 Å². The van der Waals surface area contributed by atoms with Gasteiger partial charge < -0.3 is 0 Å². The van der Waals surface area contributed by atoms with Gasteiger partial charge in [0.2, 0.25) is 0 Å². The van der Waals surface area contributed by atoms with E-state index in [1.807, 2.05) is 12.1 Å². The average Bonchev–Trinajstić information content (AvgIpc) is 2.82. The lowest BCUT2D eigenvalue weighted by molar-refractivity contribution is 0.554. The zero-order valence-corrected chi connectivity index (χ0v) is 12.3.